The fourth-order valence-corrected chi connectivity index (χ4v) is 5.11. The van der Waals surface area contributed by atoms with Crippen molar-refractivity contribution in [2.45, 2.75) is 52.3 Å². The van der Waals surface area contributed by atoms with Crippen molar-refractivity contribution in [2.75, 3.05) is 5.32 Å². The van der Waals surface area contributed by atoms with E-state index in [2.05, 4.69) is 10.4 Å². The number of nitrogens with zero attached hydrogens (tertiary/aromatic N) is 6. The van der Waals surface area contributed by atoms with E-state index in [4.69, 9.17) is 4.98 Å². The van der Waals surface area contributed by atoms with Crippen LogP contribution < -0.4 is 11.0 Å². The van der Waals surface area contributed by atoms with E-state index in [1.54, 1.807) is 41.0 Å². The molecule has 206 valence electrons. The zero-order valence-electron chi connectivity index (χ0n) is 23.3. The number of anilines is 1. The van der Waals surface area contributed by atoms with Crippen LogP contribution in [0.2, 0.25) is 0 Å². The second-order valence-electron chi connectivity index (χ2n) is 11.4. The second kappa shape index (κ2) is 8.75. The van der Waals surface area contributed by atoms with Crippen molar-refractivity contribution in [3.8, 4) is 16.8 Å². The molecule has 0 saturated heterocycles. The number of aryl methyl sites for hydroxylation is 3. The van der Waals surface area contributed by atoms with Gasteiger partial charge in [0, 0.05) is 44.4 Å². The van der Waals surface area contributed by atoms with E-state index in [9.17, 15) is 18.0 Å². The van der Waals surface area contributed by atoms with Crippen LogP contribution in [0.25, 0.3) is 38.9 Å². The molecule has 0 aliphatic rings. The van der Waals surface area contributed by atoms with E-state index in [0.717, 1.165) is 5.52 Å². The Bertz CT molecular complexity index is 1790. The minimum absolute atomic E-state index is 0.0243. The van der Waals surface area contributed by atoms with E-state index in [0.29, 0.717) is 39.3 Å². The maximum Gasteiger partial charge on any atom is 0.417 e. The summed E-state index contributed by atoms with van der Waals surface area (Å²) >= 11 is 0. The van der Waals surface area contributed by atoms with Gasteiger partial charge in [0.25, 0.3) is 0 Å². The molecule has 0 aliphatic heterocycles. The van der Waals surface area contributed by atoms with Crippen molar-refractivity contribution in [1.82, 2.24) is 28.5 Å². The molecule has 3 aromatic heterocycles. The summed E-state index contributed by atoms with van der Waals surface area (Å²) in [6.45, 7) is 9.90. The molecule has 11 heteroatoms. The molecule has 5 rings (SSSR count). The third-order valence-corrected chi connectivity index (χ3v) is 6.83. The molecule has 0 saturated carbocycles. The predicted octanol–water partition coefficient (Wildman–Crippen LogP) is 5.75. The molecule has 0 amide bonds. The number of benzene rings is 2. The maximum absolute atomic E-state index is 14.5. The summed E-state index contributed by atoms with van der Waals surface area (Å²) in [7, 11) is 5.06. The van der Waals surface area contributed by atoms with Crippen LogP contribution in [-0.4, -0.2) is 34.5 Å². The molecule has 8 nitrogen and oxygen atoms in total. The molecule has 0 aliphatic carbocycles. The first-order chi connectivity index (χ1) is 18.1. The first-order valence-corrected chi connectivity index (χ1v) is 12.7. The molecular weight excluding hydrogens is 507 g/mol. The first kappa shape index (κ1) is 26.6. The molecule has 1 N–H and O–H groups in total. The fraction of sp³-hybridized carbons (Fsp3) is 0.393. The van der Waals surface area contributed by atoms with Gasteiger partial charge in [0.15, 0.2) is 0 Å². The molecule has 0 fully saturated rings. The van der Waals surface area contributed by atoms with Gasteiger partial charge in [-0.2, -0.15) is 18.3 Å². The highest BCUT2D eigenvalue weighted by Crippen LogP contribution is 2.41. The third kappa shape index (κ3) is 4.39. The van der Waals surface area contributed by atoms with Gasteiger partial charge in [-0.25, -0.2) is 9.78 Å². The summed E-state index contributed by atoms with van der Waals surface area (Å²) in [6.07, 6.45) is -1.62. The number of halogens is 3. The largest absolute Gasteiger partial charge is 0.417 e. The minimum atomic E-state index is -4.60. The van der Waals surface area contributed by atoms with Crippen molar-refractivity contribution < 1.29 is 13.2 Å². The van der Waals surface area contributed by atoms with Gasteiger partial charge in [-0.15, -0.1) is 0 Å². The lowest BCUT2D eigenvalue weighted by Gasteiger charge is -2.22. The highest BCUT2D eigenvalue weighted by molar-refractivity contribution is 5.93. The number of rotatable bonds is 4. The Morgan fingerprint density at radius 2 is 1.64 bits per heavy atom. The molecule has 0 radical (unpaired) electrons. The average molecular weight is 540 g/mol. The third-order valence-electron chi connectivity index (χ3n) is 6.83. The van der Waals surface area contributed by atoms with Crippen LogP contribution in [0.1, 0.15) is 46.0 Å². The minimum Gasteiger partial charge on any atom is -0.381 e. The summed E-state index contributed by atoms with van der Waals surface area (Å²) in [5.74, 6) is 0.602. The Kier molecular flexibility index (Phi) is 5.97. The fourth-order valence-electron chi connectivity index (χ4n) is 5.11. The van der Waals surface area contributed by atoms with Crippen molar-refractivity contribution in [1.29, 1.82) is 0 Å². The van der Waals surface area contributed by atoms with E-state index < -0.39 is 17.2 Å². The highest BCUT2D eigenvalue weighted by atomic mass is 19.4. The van der Waals surface area contributed by atoms with Gasteiger partial charge >= 0.3 is 11.9 Å². The molecule has 0 spiro atoms. The van der Waals surface area contributed by atoms with Gasteiger partial charge in [-0.1, -0.05) is 20.8 Å². The molecule has 5 aromatic rings. The van der Waals surface area contributed by atoms with Crippen LogP contribution in [0.4, 0.5) is 18.9 Å². The molecule has 2 aromatic carbocycles. The van der Waals surface area contributed by atoms with Crippen molar-refractivity contribution in [3.63, 3.8) is 0 Å². The Morgan fingerprint density at radius 3 is 2.21 bits per heavy atom. The number of aromatic nitrogens is 6. The Labute approximate surface area is 223 Å². The SMILES string of the molecule is CC(C)Nc1cc(-n2c(C(C)(C)C)nc3cc(-c4cnn(C)c4)c(C(F)(F)F)cc32)cc2c1n(C)c(=O)n2C. The average Bonchev–Trinajstić information content (AvgIpc) is 3.48. The number of nitrogens with one attached hydrogen (secondary N) is 1. The molecular formula is C28H32F3N7O. The van der Waals surface area contributed by atoms with Crippen molar-refractivity contribution in [3.05, 3.63) is 58.5 Å². The second-order valence-corrected chi connectivity index (χ2v) is 11.4. The number of imidazole rings is 2. The predicted molar refractivity (Wildman–Crippen MR) is 147 cm³/mol. The van der Waals surface area contributed by atoms with Gasteiger partial charge in [0.05, 0.1) is 45.2 Å². The summed E-state index contributed by atoms with van der Waals surface area (Å²) in [5.41, 5.74) is 2.39. The number of hydrogen-bond acceptors (Lipinski definition) is 4. The standard InChI is InChI=1S/C28H32F3N7O/c1-15(2)33-21-9-17(10-23-24(21)37(8)26(39)36(23)7)38-22-12-19(28(29,30)31)18(16-13-32-35(6)14-16)11-20(22)34-25(38)27(3,4)5/h9-15,33H,1-8H3. The van der Waals surface area contributed by atoms with E-state index in [1.165, 1.54) is 23.0 Å². The number of hydrogen-bond donors (Lipinski definition) is 1. The topological polar surface area (TPSA) is 74.6 Å². The van der Waals surface area contributed by atoms with E-state index >= 15 is 0 Å². The lowest BCUT2D eigenvalue weighted by atomic mass is 9.95. The highest BCUT2D eigenvalue weighted by Gasteiger charge is 2.36. The van der Waals surface area contributed by atoms with Crippen molar-refractivity contribution in [2.24, 2.45) is 21.1 Å². The van der Waals surface area contributed by atoms with Gasteiger partial charge in [-0.05, 0) is 43.7 Å². The number of alkyl halides is 3. The van der Waals surface area contributed by atoms with Gasteiger partial charge in [0.1, 0.15) is 5.82 Å². The zero-order valence-corrected chi connectivity index (χ0v) is 23.3. The van der Waals surface area contributed by atoms with Gasteiger partial charge in [0.2, 0.25) is 0 Å². The van der Waals surface area contributed by atoms with Crippen LogP contribution in [0, 0.1) is 0 Å². The zero-order chi connectivity index (χ0) is 28.6. The van der Waals surface area contributed by atoms with Crippen LogP contribution in [0.15, 0.2) is 41.5 Å². The van der Waals surface area contributed by atoms with Crippen molar-refractivity contribution >= 4 is 27.8 Å². The van der Waals surface area contributed by atoms with Crippen LogP contribution in [0.3, 0.4) is 0 Å². The van der Waals surface area contributed by atoms with E-state index in [-0.39, 0.29) is 17.3 Å². The van der Waals surface area contributed by atoms with Crippen LogP contribution in [-0.2, 0) is 32.7 Å². The summed E-state index contributed by atoms with van der Waals surface area (Å²) in [4.78, 5) is 17.7. The molecule has 3 heterocycles. The lowest BCUT2D eigenvalue weighted by molar-refractivity contribution is -0.137. The summed E-state index contributed by atoms with van der Waals surface area (Å²) < 4.78 is 49.7. The molecule has 39 heavy (non-hydrogen) atoms. The Hall–Kier alpha value is -4.02. The monoisotopic (exact) mass is 539 g/mol. The lowest BCUT2D eigenvalue weighted by Crippen LogP contribution is -2.19. The molecule has 0 unspecified atom stereocenters. The molecule has 0 atom stereocenters. The van der Waals surface area contributed by atoms with Gasteiger partial charge in [-0.3, -0.25) is 18.4 Å². The smallest absolute Gasteiger partial charge is 0.381 e. The molecule has 0 bridgehead atoms. The maximum atomic E-state index is 14.5. The van der Waals surface area contributed by atoms with Gasteiger partial charge < -0.3 is 5.32 Å². The van der Waals surface area contributed by atoms with Crippen LogP contribution >= 0.6 is 0 Å². The summed E-state index contributed by atoms with van der Waals surface area (Å²) in [6, 6.07) is 6.43. The summed E-state index contributed by atoms with van der Waals surface area (Å²) in [5, 5.41) is 7.48. The van der Waals surface area contributed by atoms with Crippen LogP contribution in [0.5, 0.6) is 0 Å². The number of fused-ring (bicyclic) bond motifs is 2. The first-order valence-electron chi connectivity index (χ1n) is 12.7. The quantitative estimate of drug-likeness (QED) is 0.316. The normalized spacial score (nSPS) is 12.8. The Morgan fingerprint density at radius 1 is 0.949 bits per heavy atom. The Balaban J connectivity index is 1.91. The van der Waals surface area contributed by atoms with E-state index in [1.807, 2.05) is 46.8 Å².